The minimum atomic E-state index is -0.707. The summed E-state index contributed by atoms with van der Waals surface area (Å²) in [5.41, 5.74) is 3.84. The molecule has 1 heterocycles. The van der Waals surface area contributed by atoms with Gasteiger partial charge in [-0.15, -0.1) is 5.06 Å². The van der Waals surface area contributed by atoms with Crippen molar-refractivity contribution in [1.29, 1.82) is 0 Å². The molecule has 5 nitrogen and oxygen atoms in total. The highest BCUT2D eigenvalue weighted by molar-refractivity contribution is 14.1. The Bertz CT molecular complexity index is 783. The average molecular weight is 449 g/mol. The number of rotatable bonds is 5. The van der Waals surface area contributed by atoms with Crippen molar-refractivity contribution in [3.8, 4) is 0 Å². The number of carbonyl (C=O) groups excluding carboxylic acids is 3. The lowest BCUT2D eigenvalue weighted by molar-refractivity contribution is -0.172. The van der Waals surface area contributed by atoms with E-state index in [4.69, 9.17) is 4.84 Å². The van der Waals surface area contributed by atoms with Crippen molar-refractivity contribution in [2.45, 2.75) is 23.7 Å². The number of halogens is 1. The van der Waals surface area contributed by atoms with Gasteiger partial charge in [-0.3, -0.25) is 9.59 Å². The molecule has 1 fully saturated rings. The Morgan fingerprint density at radius 2 is 1.36 bits per heavy atom. The summed E-state index contributed by atoms with van der Waals surface area (Å²) in [6, 6.07) is 15.4. The summed E-state index contributed by atoms with van der Waals surface area (Å²) in [5, 5.41) is 0.560. The summed E-state index contributed by atoms with van der Waals surface area (Å²) in [7, 11) is 0. The van der Waals surface area contributed by atoms with Crippen molar-refractivity contribution in [3.05, 3.63) is 70.8 Å². The third-order valence-electron chi connectivity index (χ3n) is 3.96. The standard InChI is InChI=1S/C19H16INO4/c20-12-15-3-1-13(2-4-15)11-14-5-7-16(8-6-14)19(24)25-21-17(22)9-10-18(21)23/h1-8H,9-12H2. The number of carbonyl (C=O) groups is 3. The molecule has 2 amide bonds. The Labute approximate surface area is 159 Å². The SMILES string of the molecule is O=C(ON1C(=O)CCC1=O)c1ccc(Cc2ccc(CI)cc2)cc1. The highest BCUT2D eigenvalue weighted by atomic mass is 127. The molecule has 3 rings (SSSR count). The lowest BCUT2D eigenvalue weighted by Crippen LogP contribution is -2.32. The van der Waals surface area contributed by atoms with Crippen molar-refractivity contribution >= 4 is 40.4 Å². The third kappa shape index (κ3) is 4.25. The second kappa shape index (κ2) is 7.77. The molecule has 0 bridgehead atoms. The minimum Gasteiger partial charge on any atom is -0.325 e. The fourth-order valence-corrected chi connectivity index (χ4v) is 3.04. The minimum absolute atomic E-state index is 0.0847. The number of benzene rings is 2. The van der Waals surface area contributed by atoms with Crippen LogP contribution in [0.1, 0.15) is 39.9 Å². The number of nitrogens with zero attached hydrogens (tertiary/aromatic N) is 1. The second-order valence-electron chi connectivity index (χ2n) is 5.78. The van der Waals surface area contributed by atoms with E-state index < -0.39 is 17.8 Å². The van der Waals surface area contributed by atoms with Gasteiger partial charge in [0.2, 0.25) is 0 Å². The molecule has 1 aliphatic rings. The number of imide groups is 1. The van der Waals surface area contributed by atoms with Crippen LogP contribution in [0.25, 0.3) is 0 Å². The van der Waals surface area contributed by atoms with E-state index in [1.165, 1.54) is 11.1 Å². The van der Waals surface area contributed by atoms with Crippen molar-refractivity contribution in [2.75, 3.05) is 0 Å². The van der Waals surface area contributed by atoms with Crippen molar-refractivity contribution in [1.82, 2.24) is 5.06 Å². The van der Waals surface area contributed by atoms with Gasteiger partial charge in [-0.05, 0) is 35.2 Å². The van der Waals surface area contributed by atoms with Crippen LogP contribution in [-0.4, -0.2) is 22.8 Å². The monoisotopic (exact) mass is 449 g/mol. The van der Waals surface area contributed by atoms with E-state index in [1.54, 1.807) is 12.1 Å². The molecule has 2 aromatic carbocycles. The Morgan fingerprint density at radius 3 is 1.88 bits per heavy atom. The molecule has 1 aliphatic heterocycles. The first-order valence-corrected chi connectivity index (χ1v) is 9.40. The molecule has 2 aromatic rings. The zero-order valence-corrected chi connectivity index (χ0v) is 15.6. The quantitative estimate of drug-likeness (QED) is 0.399. The molecular weight excluding hydrogens is 433 g/mol. The van der Waals surface area contributed by atoms with Gasteiger partial charge in [0.25, 0.3) is 11.8 Å². The number of hydrogen-bond acceptors (Lipinski definition) is 4. The van der Waals surface area contributed by atoms with Gasteiger partial charge in [0, 0.05) is 17.3 Å². The molecule has 0 aliphatic carbocycles. The normalized spacial score (nSPS) is 14.0. The molecule has 6 heteroatoms. The van der Waals surface area contributed by atoms with E-state index in [0.717, 1.165) is 16.4 Å². The molecule has 0 aromatic heterocycles. The molecular formula is C19H16INO4. The Hall–Kier alpha value is -2.22. The molecule has 128 valence electrons. The third-order valence-corrected chi connectivity index (χ3v) is 4.84. The molecule has 0 unspecified atom stereocenters. The summed E-state index contributed by atoms with van der Waals surface area (Å²) < 4.78 is 0.983. The van der Waals surface area contributed by atoms with Crippen LogP contribution in [0.15, 0.2) is 48.5 Å². The van der Waals surface area contributed by atoms with Gasteiger partial charge in [-0.2, -0.15) is 0 Å². The second-order valence-corrected chi connectivity index (χ2v) is 6.55. The van der Waals surface area contributed by atoms with Crippen LogP contribution in [0.4, 0.5) is 0 Å². The van der Waals surface area contributed by atoms with Gasteiger partial charge in [-0.25, -0.2) is 4.79 Å². The van der Waals surface area contributed by atoms with Crippen molar-refractivity contribution in [3.63, 3.8) is 0 Å². The summed E-state index contributed by atoms with van der Waals surface area (Å²) in [6.45, 7) is 0. The van der Waals surface area contributed by atoms with E-state index in [1.807, 2.05) is 12.1 Å². The number of alkyl halides is 1. The molecule has 0 radical (unpaired) electrons. The Balaban J connectivity index is 1.64. The van der Waals surface area contributed by atoms with Crippen LogP contribution in [0, 0.1) is 0 Å². The summed E-state index contributed by atoms with van der Waals surface area (Å²) in [6.07, 6.45) is 0.933. The molecule has 0 N–H and O–H groups in total. The lowest BCUT2D eigenvalue weighted by atomic mass is 10.0. The van der Waals surface area contributed by atoms with Gasteiger partial charge >= 0.3 is 5.97 Å². The molecule has 25 heavy (non-hydrogen) atoms. The smallest absolute Gasteiger partial charge is 0.325 e. The number of hydrogen-bond donors (Lipinski definition) is 0. The van der Waals surface area contributed by atoms with E-state index in [2.05, 4.69) is 46.9 Å². The Morgan fingerprint density at radius 1 is 0.880 bits per heavy atom. The predicted molar refractivity (Wildman–Crippen MR) is 99.9 cm³/mol. The van der Waals surface area contributed by atoms with Crippen LogP contribution in [0.2, 0.25) is 0 Å². The van der Waals surface area contributed by atoms with Crippen LogP contribution >= 0.6 is 22.6 Å². The lowest BCUT2D eigenvalue weighted by Gasteiger charge is -2.12. The topological polar surface area (TPSA) is 63.7 Å². The van der Waals surface area contributed by atoms with E-state index in [9.17, 15) is 14.4 Å². The van der Waals surface area contributed by atoms with E-state index in [-0.39, 0.29) is 12.8 Å². The molecule has 0 spiro atoms. The fraction of sp³-hybridized carbons (Fsp3) is 0.211. The largest absolute Gasteiger partial charge is 0.363 e. The summed E-state index contributed by atoms with van der Waals surface area (Å²) >= 11 is 2.33. The van der Waals surface area contributed by atoms with Gasteiger partial charge in [-0.1, -0.05) is 59.0 Å². The van der Waals surface area contributed by atoms with Gasteiger partial charge < -0.3 is 4.84 Å². The first-order chi connectivity index (χ1) is 12.1. The maximum absolute atomic E-state index is 12.1. The van der Waals surface area contributed by atoms with Crippen LogP contribution in [0.5, 0.6) is 0 Å². The average Bonchev–Trinajstić information content (AvgIpc) is 2.95. The van der Waals surface area contributed by atoms with Crippen LogP contribution in [-0.2, 0) is 25.3 Å². The summed E-state index contributed by atoms with van der Waals surface area (Å²) in [4.78, 5) is 39.9. The van der Waals surface area contributed by atoms with Gasteiger partial charge in [0.05, 0.1) is 5.56 Å². The van der Waals surface area contributed by atoms with Gasteiger partial charge in [0.1, 0.15) is 0 Å². The first kappa shape index (κ1) is 17.6. The maximum Gasteiger partial charge on any atom is 0.363 e. The summed E-state index contributed by atoms with van der Waals surface area (Å²) in [5.74, 6) is -1.67. The van der Waals surface area contributed by atoms with Gasteiger partial charge in [0.15, 0.2) is 0 Å². The maximum atomic E-state index is 12.1. The zero-order chi connectivity index (χ0) is 17.8. The molecule has 0 atom stereocenters. The molecule has 1 saturated heterocycles. The van der Waals surface area contributed by atoms with Crippen molar-refractivity contribution < 1.29 is 19.2 Å². The Kier molecular flexibility index (Phi) is 5.47. The predicted octanol–water partition coefficient (Wildman–Crippen LogP) is 3.43. The number of amides is 2. The number of hydroxylamine groups is 2. The fourth-order valence-electron chi connectivity index (χ4n) is 2.53. The van der Waals surface area contributed by atoms with Crippen LogP contribution < -0.4 is 0 Å². The van der Waals surface area contributed by atoms with Crippen molar-refractivity contribution in [2.24, 2.45) is 0 Å². The first-order valence-electron chi connectivity index (χ1n) is 7.87. The highest BCUT2D eigenvalue weighted by Crippen LogP contribution is 2.16. The zero-order valence-electron chi connectivity index (χ0n) is 13.4. The van der Waals surface area contributed by atoms with Crippen LogP contribution in [0.3, 0.4) is 0 Å². The van der Waals surface area contributed by atoms with E-state index >= 15 is 0 Å². The van der Waals surface area contributed by atoms with E-state index in [0.29, 0.717) is 10.6 Å². The molecule has 0 saturated carbocycles. The highest BCUT2D eigenvalue weighted by Gasteiger charge is 2.33.